The quantitative estimate of drug-likeness (QED) is 0.852. The van der Waals surface area contributed by atoms with Gasteiger partial charge in [-0.25, -0.2) is 0 Å². The molecule has 2 bridgehead atoms. The summed E-state index contributed by atoms with van der Waals surface area (Å²) in [7, 11) is 0. The molecule has 1 heterocycles. The van der Waals surface area contributed by atoms with Crippen LogP contribution in [0.25, 0.3) is 0 Å². The van der Waals surface area contributed by atoms with E-state index in [-0.39, 0.29) is 24.2 Å². The minimum absolute atomic E-state index is 0.0576. The maximum Gasteiger partial charge on any atom is 0.223 e. The molecule has 0 N–H and O–H groups in total. The predicted molar refractivity (Wildman–Crippen MR) is 91.8 cm³/mol. The van der Waals surface area contributed by atoms with E-state index in [4.69, 9.17) is 9.47 Å². The number of fused-ring (bicyclic) bond motifs is 3. The summed E-state index contributed by atoms with van der Waals surface area (Å²) in [5.74, 6) is 0.732. The van der Waals surface area contributed by atoms with Gasteiger partial charge in [0.1, 0.15) is 6.10 Å². The third-order valence-corrected chi connectivity index (χ3v) is 5.84. The first kappa shape index (κ1) is 16.1. The zero-order valence-corrected chi connectivity index (χ0v) is 14.4. The Morgan fingerprint density at radius 3 is 2.71 bits per heavy atom. The van der Waals surface area contributed by atoms with Crippen LogP contribution in [0, 0.1) is 5.92 Å². The lowest BCUT2D eigenvalue weighted by Gasteiger charge is -2.32. The van der Waals surface area contributed by atoms with Crippen molar-refractivity contribution in [1.29, 1.82) is 0 Å². The fourth-order valence-electron chi connectivity index (χ4n) is 4.77. The normalized spacial score (nSPS) is 29.5. The topological polar surface area (TPSA) is 38.8 Å². The van der Waals surface area contributed by atoms with Crippen molar-refractivity contribution in [2.45, 2.75) is 57.3 Å². The van der Waals surface area contributed by atoms with Crippen molar-refractivity contribution in [1.82, 2.24) is 4.90 Å². The van der Waals surface area contributed by atoms with E-state index in [1.54, 1.807) is 0 Å². The van der Waals surface area contributed by atoms with Crippen LogP contribution in [-0.4, -0.2) is 48.8 Å². The van der Waals surface area contributed by atoms with Crippen LogP contribution in [0.4, 0.5) is 0 Å². The van der Waals surface area contributed by atoms with E-state index in [1.165, 1.54) is 11.1 Å². The summed E-state index contributed by atoms with van der Waals surface area (Å²) in [6.45, 7) is 4.05. The lowest BCUT2D eigenvalue weighted by Crippen LogP contribution is -2.47. The fourth-order valence-corrected chi connectivity index (χ4v) is 4.77. The second-order valence-electron chi connectivity index (χ2n) is 7.31. The Balaban J connectivity index is 1.42. The van der Waals surface area contributed by atoms with E-state index in [0.29, 0.717) is 32.1 Å². The second-order valence-corrected chi connectivity index (χ2v) is 7.31. The van der Waals surface area contributed by atoms with Gasteiger partial charge >= 0.3 is 0 Å². The van der Waals surface area contributed by atoms with E-state index in [2.05, 4.69) is 29.2 Å². The summed E-state index contributed by atoms with van der Waals surface area (Å²) < 4.78 is 11.9. The van der Waals surface area contributed by atoms with Crippen LogP contribution < -0.4 is 0 Å². The van der Waals surface area contributed by atoms with Crippen molar-refractivity contribution >= 4 is 5.91 Å². The average molecular weight is 329 g/mol. The van der Waals surface area contributed by atoms with Crippen molar-refractivity contribution in [2.75, 3.05) is 19.8 Å². The third-order valence-electron chi connectivity index (χ3n) is 5.84. The number of hydrogen-bond donors (Lipinski definition) is 0. The molecule has 1 saturated heterocycles. The average Bonchev–Trinajstić information content (AvgIpc) is 3.08. The number of amides is 1. The first-order valence-electron chi connectivity index (χ1n) is 9.35. The van der Waals surface area contributed by atoms with Crippen LogP contribution >= 0.6 is 0 Å². The van der Waals surface area contributed by atoms with Gasteiger partial charge in [0.25, 0.3) is 0 Å². The molecule has 0 unspecified atom stereocenters. The van der Waals surface area contributed by atoms with Crippen molar-refractivity contribution in [2.24, 2.45) is 5.92 Å². The molecular weight excluding hydrogens is 302 g/mol. The van der Waals surface area contributed by atoms with Gasteiger partial charge in [-0.15, -0.1) is 0 Å². The number of carbonyl (C=O) groups excluding carboxylic acids is 1. The summed E-state index contributed by atoms with van der Waals surface area (Å²) >= 11 is 0. The maximum atomic E-state index is 13.0. The summed E-state index contributed by atoms with van der Waals surface area (Å²) in [4.78, 5) is 15.1. The largest absolute Gasteiger partial charge is 0.374 e. The van der Waals surface area contributed by atoms with Crippen molar-refractivity contribution in [3.05, 3.63) is 35.4 Å². The highest BCUT2D eigenvalue weighted by molar-refractivity contribution is 5.77. The number of ether oxygens (including phenoxy) is 2. The lowest BCUT2D eigenvalue weighted by molar-refractivity contribution is -0.136. The highest BCUT2D eigenvalue weighted by atomic mass is 16.5. The molecule has 2 fully saturated rings. The van der Waals surface area contributed by atoms with Gasteiger partial charge in [-0.1, -0.05) is 24.3 Å². The molecule has 130 valence electrons. The minimum Gasteiger partial charge on any atom is -0.374 e. The van der Waals surface area contributed by atoms with E-state index in [1.807, 2.05) is 6.92 Å². The molecular formula is C20H27NO3. The number of benzene rings is 1. The lowest BCUT2D eigenvalue weighted by atomic mass is 10.0. The summed E-state index contributed by atoms with van der Waals surface area (Å²) in [6, 6.07) is 8.80. The molecule has 1 aliphatic heterocycles. The van der Waals surface area contributed by atoms with Gasteiger partial charge in [-0.3, -0.25) is 4.79 Å². The van der Waals surface area contributed by atoms with Crippen molar-refractivity contribution in [3.8, 4) is 0 Å². The van der Waals surface area contributed by atoms with Gasteiger partial charge in [-0.05, 0) is 49.7 Å². The molecule has 24 heavy (non-hydrogen) atoms. The number of nitrogens with zero attached hydrogens (tertiary/aromatic N) is 1. The molecule has 3 atom stereocenters. The molecule has 2 aliphatic carbocycles. The van der Waals surface area contributed by atoms with E-state index >= 15 is 0 Å². The smallest absolute Gasteiger partial charge is 0.223 e. The monoisotopic (exact) mass is 329 g/mol. The highest BCUT2D eigenvalue weighted by Gasteiger charge is 2.44. The van der Waals surface area contributed by atoms with E-state index < -0.39 is 0 Å². The van der Waals surface area contributed by atoms with Gasteiger partial charge in [0.05, 0.1) is 18.8 Å². The minimum atomic E-state index is 0.0576. The molecule has 1 saturated carbocycles. The zero-order valence-electron chi connectivity index (χ0n) is 14.4. The molecule has 1 aromatic rings. The Morgan fingerprint density at radius 1 is 1.25 bits per heavy atom. The number of rotatable bonds is 4. The zero-order chi connectivity index (χ0) is 16.5. The van der Waals surface area contributed by atoms with Crippen LogP contribution in [0.5, 0.6) is 0 Å². The number of carbonyl (C=O) groups is 1. The Morgan fingerprint density at radius 2 is 2.00 bits per heavy atom. The van der Waals surface area contributed by atoms with Crippen molar-refractivity contribution < 1.29 is 14.3 Å². The summed E-state index contributed by atoms with van der Waals surface area (Å²) in [6.07, 6.45) is 4.96. The molecule has 1 aromatic carbocycles. The van der Waals surface area contributed by atoms with Gasteiger partial charge in [-0.2, -0.15) is 0 Å². The molecule has 0 aromatic heterocycles. The third kappa shape index (κ3) is 2.98. The molecule has 4 nitrogen and oxygen atoms in total. The summed E-state index contributed by atoms with van der Waals surface area (Å²) in [5, 5.41) is 0. The second kappa shape index (κ2) is 6.85. The molecule has 0 spiro atoms. The first-order valence-corrected chi connectivity index (χ1v) is 9.35. The van der Waals surface area contributed by atoms with Gasteiger partial charge in [0.2, 0.25) is 5.91 Å². The van der Waals surface area contributed by atoms with E-state index in [9.17, 15) is 4.79 Å². The van der Waals surface area contributed by atoms with Crippen molar-refractivity contribution in [3.63, 3.8) is 0 Å². The Bertz CT molecular complexity index is 577. The Kier molecular flexibility index (Phi) is 4.59. The molecule has 3 aliphatic rings. The number of hydrogen-bond acceptors (Lipinski definition) is 3. The van der Waals surface area contributed by atoms with Crippen LogP contribution in [-0.2, 0) is 27.1 Å². The van der Waals surface area contributed by atoms with Crippen LogP contribution in [0.15, 0.2) is 24.3 Å². The van der Waals surface area contributed by atoms with Gasteiger partial charge in [0.15, 0.2) is 0 Å². The summed E-state index contributed by atoms with van der Waals surface area (Å²) in [5.41, 5.74) is 2.84. The van der Waals surface area contributed by atoms with Crippen LogP contribution in [0.3, 0.4) is 0 Å². The highest BCUT2D eigenvalue weighted by Crippen LogP contribution is 2.34. The first-order chi connectivity index (χ1) is 11.8. The molecule has 1 amide bonds. The van der Waals surface area contributed by atoms with Gasteiger partial charge in [0, 0.05) is 19.6 Å². The maximum absolute atomic E-state index is 13.0. The predicted octanol–water partition coefficient (Wildman–Crippen LogP) is 2.59. The molecule has 4 heteroatoms. The SMILES string of the molecule is CCO[C@H]1[C@H]2CC[C@H]1OCCN2C(=O)CC1Cc2ccccc2C1. The Hall–Kier alpha value is -1.39. The standard InChI is InChI=1S/C20H27NO3/c1-2-23-20-17-7-8-18(20)24-10-9-21(17)19(22)13-14-11-15-5-3-4-6-16(15)12-14/h3-6,14,17-18,20H,2,7-13H2,1H3/t17-,18-,20+/m1/s1. The molecule has 4 rings (SSSR count). The van der Waals surface area contributed by atoms with E-state index in [0.717, 1.165) is 25.7 Å². The Labute approximate surface area is 144 Å². The fraction of sp³-hybridized carbons (Fsp3) is 0.650. The molecule has 0 radical (unpaired) electrons. The van der Waals surface area contributed by atoms with Gasteiger partial charge < -0.3 is 14.4 Å². The van der Waals surface area contributed by atoms with Crippen LogP contribution in [0.1, 0.15) is 37.3 Å². The van der Waals surface area contributed by atoms with Crippen LogP contribution in [0.2, 0.25) is 0 Å².